The van der Waals surface area contributed by atoms with E-state index in [2.05, 4.69) is 26.1 Å². The molecule has 20 heavy (non-hydrogen) atoms. The Balaban J connectivity index is 1.91. The van der Waals surface area contributed by atoms with Crippen LogP contribution in [-0.4, -0.2) is 37.0 Å². The maximum atomic E-state index is 12.1. The van der Waals surface area contributed by atoms with Crippen LogP contribution in [0.3, 0.4) is 0 Å². The van der Waals surface area contributed by atoms with Crippen molar-refractivity contribution in [3.8, 4) is 0 Å². The summed E-state index contributed by atoms with van der Waals surface area (Å²) in [5.41, 5.74) is 7.72. The van der Waals surface area contributed by atoms with E-state index in [1.165, 1.54) is 12.8 Å². The molecule has 1 aromatic rings. The number of likely N-dealkylation sites (N-methyl/N-ethyl adjacent to an activating group) is 1. The van der Waals surface area contributed by atoms with Gasteiger partial charge in [-0.25, -0.2) is 0 Å². The molecule has 1 aromatic carbocycles. The van der Waals surface area contributed by atoms with E-state index in [0.717, 1.165) is 15.7 Å². The zero-order valence-electron chi connectivity index (χ0n) is 12.0. The zero-order valence-corrected chi connectivity index (χ0v) is 13.6. The molecule has 0 radical (unpaired) electrons. The highest BCUT2D eigenvalue weighted by Gasteiger charge is 2.33. The Morgan fingerprint density at radius 2 is 2.25 bits per heavy atom. The summed E-state index contributed by atoms with van der Waals surface area (Å²) in [7, 11) is 1.98. The number of nitrogens with zero attached hydrogens (tertiary/aromatic N) is 1. The van der Waals surface area contributed by atoms with Crippen LogP contribution in [0.5, 0.6) is 0 Å². The molecule has 2 rings (SSSR count). The summed E-state index contributed by atoms with van der Waals surface area (Å²) in [5, 5.41) is 2.96. The van der Waals surface area contributed by atoms with Crippen LogP contribution >= 0.6 is 15.9 Å². The van der Waals surface area contributed by atoms with Crippen LogP contribution in [0.25, 0.3) is 0 Å². The fourth-order valence-corrected chi connectivity index (χ4v) is 2.99. The minimum Gasteiger partial charge on any atom is -0.329 e. The van der Waals surface area contributed by atoms with E-state index >= 15 is 0 Å². The molecule has 5 heteroatoms. The van der Waals surface area contributed by atoms with Gasteiger partial charge in [0.25, 0.3) is 0 Å². The van der Waals surface area contributed by atoms with Crippen molar-refractivity contribution in [3.63, 3.8) is 0 Å². The number of hydrogen-bond acceptors (Lipinski definition) is 3. The highest BCUT2D eigenvalue weighted by molar-refractivity contribution is 9.10. The van der Waals surface area contributed by atoms with Crippen LogP contribution in [0.2, 0.25) is 0 Å². The van der Waals surface area contributed by atoms with E-state index in [0.29, 0.717) is 25.0 Å². The minimum atomic E-state index is 0.0111. The van der Waals surface area contributed by atoms with Crippen LogP contribution in [0.15, 0.2) is 22.7 Å². The lowest BCUT2D eigenvalue weighted by Crippen LogP contribution is -2.43. The molecule has 1 fully saturated rings. The van der Waals surface area contributed by atoms with Gasteiger partial charge in [0.2, 0.25) is 5.91 Å². The van der Waals surface area contributed by atoms with Gasteiger partial charge in [-0.1, -0.05) is 15.9 Å². The van der Waals surface area contributed by atoms with Crippen molar-refractivity contribution in [2.75, 3.05) is 25.5 Å². The molecule has 1 atom stereocenters. The Morgan fingerprint density at radius 3 is 2.80 bits per heavy atom. The van der Waals surface area contributed by atoms with E-state index in [1.54, 1.807) is 0 Å². The standard InChI is InChI=1S/C15H22BrN3O/c1-10-7-12(16)5-6-13(10)18-15(20)9-19(2)14(8-17)11-3-4-11/h5-7,11,14H,3-4,8-9,17H2,1-2H3,(H,18,20). The monoisotopic (exact) mass is 339 g/mol. The summed E-state index contributed by atoms with van der Waals surface area (Å²) < 4.78 is 1.02. The Hall–Kier alpha value is -0.910. The fraction of sp³-hybridized carbons (Fsp3) is 0.533. The third-order valence-electron chi connectivity index (χ3n) is 3.83. The van der Waals surface area contributed by atoms with Gasteiger partial charge in [0, 0.05) is 22.7 Å². The quantitative estimate of drug-likeness (QED) is 0.836. The number of carbonyl (C=O) groups excluding carboxylic acids is 1. The van der Waals surface area contributed by atoms with Gasteiger partial charge in [-0.05, 0) is 56.5 Å². The van der Waals surface area contributed by atoms with Crippen molar-refractivity contribution >= 4 is 27.5 Å². The molecule has 1 saturated carbocycles. The lowest BCUT2D eigenvalue weighted by atomic mass is 10.1. The maximum Gasteiger partial charge on any atom is 0.238 e. The Kier molecular flexibility index (Phi) is 5.18. The summed E-state index contributed by atoms with van der Waals surface area (Å²) in [4.78, 5) is 14.2. The van der Waals surface area contributed by atoms with Crippen LogP contribution in [0, 0.1) is 12.8 Å². The highest BCUT2D eigenvalue weighted by atomic mass is 79.9. The van der Waals surface area contributed by atoms with Gasteiger partial charge in [-0.3, -0.25) is 9.69 Å². The Bertz CT molecular complexity index is 488. The second-order valence-corrected chi connectivity index (χ2v) is 6.48. The highest BCUT2D eigenvalue weighted by Crippen LogP contribution is 2.34. The van der Waals surface area contributed by atoms with Crippen LogP contribution in [-0.2, 0) is 4.79 Å². The van der Waals surface area contributed by atoms with E-state index < -0.39 is 0 Å². The third kappa shape index (κ3) is 4.04. The lowest BCUT2D eigenvalue weighted by Gasteiger charge is -2.26. The molecular formula is C15H22BrN3O. The molecule has 0 saturated heterocycles. The molecule has 110 valence electrons. The predicted octanol–water partition coefficient (Wildman–Crippen LogP) is 2.37. The molecule has 1 unspecified atom stereocenters. The van der Waals surface area contributed by atoms with Crippen molar-refractivity contribution in [2.24, 2.45) is 11.7 Å². The first kappa shape index (κ1) is 15.5. The number of nitrogens with one attached hydrogen (secondary N) is 1. The average molecular weight is 340 g/mol. The van der Waals surface area contributed by atoms with Gasteiger partial charge in [-0.15, -0.1) is 0 Å². The Labute approximate surface area is 128 Å². The second kappa shape index (κ2) is 6.70. The van der Waals surface area contributed by atoms with Gasteiger partial charge in [0.15, 0.2) is 0 Å². The van der Waals surface area contributed by atoms with Gasteiger partial charge >= 0.3 is 0 Å². The Morgan fingerprint density at radius 1 is 1.55 bits per heavy atom. The lowest BCUT2D eigenvalue weighted by molar-refractivity contribution is -0.117. The van der Waals surface area contributed by atoms with Crippen LogP contribution < -0.4 is 11.1 Å². The number of aryl methyl sites for hydroxylation is 1. The summed E-state index contributed by atoms with van der Waals surface area (Å²) in [5.74, 6) is 0.684. The molecule has 3 N–H and O–H groups in total. The molecule has 0 heterocycles. The number of benzene rings is 1. The van der Waals surface area contributed by atoms with Crippen LogP contribution in [0.4, 0.5) is 5.69 Å². The summed E-state index contributed by atoms with van der Waals surface area (Å²) in [6.07, 6.45) is 2.47. The molecule has 1 aliphatic carbocycles. The topological polar surface area (TPSA) is 58.4 Å². The number of amides is 1. The van der Waals surface area contributed by atoms with Gasteiger partial charge in [0.1, 0.15) is 0 Å². The predicted molar refractivity (Wildman–Crippen MR) is 85.7 cm³/mol. The van der Waals surface area contributed by atoms with Crippen molar-refractivity contribution in [1.29, 1.82) is 0 Å². The van der Waals surface area contributed by atoms with E-state index in [9.17, 15) is 4.79 Å². The summed E-state index contributed by atoms with van der Waals surface area (Å²) in [6.45, 7) is 2.98. The molecule has 0 bridgehead atoms. The fourth-order valence-electron chi connectivity index (χ4n) is 2.51. The minimum absolute atomic E-state index is 0.0111. The first-order chi connectivity index (χ1) is 9.51. The van der Waals surface area contributed by atoms with Gasteiger partial charge in [0.05, 0.1) is 6.54 Å². The maximum absolute atomic E-state index is 12.1. The second-order valence-electron chi connectivity index (χ2n) is 5.56. The zero-order chi connectivity index (χ0) is 14.7. The number of rotatable bonds is 6. The molecular weight excluding hydrogens is 318 g/mol. The number of nitrogens with two attached hydrogens (primary N) is 1. The van der Waals surface area contributed by atoms with Crippen molar-refractivity contribution in [3.05, 3.63) is 28.2 Å². The molecule has 0 aliphatic heterocycles. The molecule has 4 nitrogen and oxygen atoms in total. The number of halogens is 1. The van der Waals surface area contributed by atoms with Crippen LogP contribution in [0.1, 0.15) is 18.4 Å². The van der Waals surface area contributed by atoms with E-state index in [1.807, 2.05) is 32.2 Å². The molecule has 1 aliphatic rings. The first-order valence-electron chi connectivity index (χ1n) is 6.97. The largest absolute Gasteiger partial charge is 0.329 e. The SMILES string of the molecule is Cc1cc(Br)ccc1NC(=O)CN(C)C(CN)C1CC1. The summed E-state index contributed by atoms with van der Waals surface area (Å²) in [6, 6.07) is 6.16. The van der Waals surface area contributed by atoms with E-state index in [4.69, 9.17) is 5.73 Å². The smallest absolute Gasteiger partial charge is 0.238 e. The van der Waals surface area contributed by atoms with Crippen molar-refractivity contribution in [2.45, 2.75) is 25.8 Å². The van der Waals surface area contributed by atoms with Gasteiger partial charge < -0.3 is 11.1 Å². The number of carbonyl (C=O) groups is 1. The van der Waals surface area contributed by atoms with Crippen molar-refractivity contribution < 1.29 is 4.79 Å². The number of anilines is 1. The third-order valence-corrected chi connectivity index (χ3v) is 4.32. The summed E-state index contributed by atoms with van der Waals surface area (Å²) >= 11 is 3.42. The van der Waals surface area contributed by atoms with Gasteiger partial charge in [-0.2, -0.15) is 0 Å². The normalized spacial score (nSPS) is 16.2. The number of hydrogen-bond donors (Lipinski definition) is 2. The molecule has 0 aromatic heterocycles. The first-order valence-corrected chi connectivity index (χ1v) is 7.77. The van der Waals surface area contributed by atoms with E-state index in [-0.39, 0.29) is 5.91 Å². The van der Waals surface area contributed by atoms with Crippen molar-refractivity contribution in [1.82, 2.24) is 4.90 Å². The average Bonchev–Trinajstić information content (AvgIpc) is 3.18. The molecule has 1 amide bonds. The molecule has 0 spiro atoms.